The standard InChI is InChI=1S/C18H26N6O2.ClH/c1-14-3-5-15(6-4-14)17-21-23-24(22-17)11-16(25)20-12-18(13-26-2)7-9-19-10-8-18;/h3-6,19H,7-13H2,1-2H3,(H,20,25);1H. The van der Waals surface area contributed by atoms with E-state index in [4.69, 9.17) is 4.74 Å². The number of aryl methyl sites for hydroxylation is 1. The Bertz CT molecular complexity index is 722. The molecule has 0 unspecified atom stereocenters. The number of nitrogens with zero attached hydrogens (tertiary/aromatic N) is 4. The fourth-order valence-corrected chi connectivity index (χ4v) is 3.23. The van der Waals surface area contributed by atoms with Crippen LogP contribution in [0.2, 0.25) is 0 Å². The maximum atomic E-state index is 12.3. The summed E-state index contributed by atoms with van der Waals surface area (Å²) in [4.78, 5) is 13.6. The summed E-state index contributed by atoms with van der Waals surface area (Å²) in [6.07, 6.45) is 1.97. The van der Waals surface area contributed by atoms with Gasteiger partial charge in [-0.3, -0.25) is 4.79 Å². The van der Waals surface area contributed by atoms with E-state index in [1.54, 1.807) is 7.11 Å². The molecular weight excluding hydrogens is 368 g/mol. The van der Waals surface area contributed by atoms with Gasteiger partial charge in [0, 0.05) is 24.6 Å². The number of rotatable bonds is 7. The van der Waals surface area contributed by atoms with Crippen LogP contribution in [0.15, 0.2) is 24.3 Å². The van der Waals surface area contributed by atoms with Crippen molar-refractivity contribution in [2.45, 2.75) is 26.3 Å². The Morgan fingerprint density at radius 3 is 2.67 bits per heavy atom. The highest BCUT2D eigenvalue weighted by atomic mass is 35.5. The van der Waals surface area contributed by atoms with Crippen LogP contribution in [0, 0.1) is 12.3 Å². The molecule has 1 aliphatic heterocycles. The van der Waals surface area contributed by atoms with E-state index in [0.29, 0.717) is 19.0 Å². The number of hydrogen-bond donors (Lipinski definition) is 2. The molecule has 0 radical (unpaired) electrons. The molecular formula is C18H27ClN6O2. The number of halogens is 1. The minimum absolute atomic E-state index is 0. The Morgan fingerprint density at radius 2 is 2.00 bits per heavy atom. The Kier molecular flexibility index (Phi) is 7.70. The normalized spacial score (nSPS) is 15.8. The van der Waals surface area contributed by atoms with Gasteiger partial charge in [-0.1, -0.05) is 29.8 Å². The molecule has 0 atom stereocenters. The number of carbonyl (C=O) groups excluding carboxylic acids is 1. The number of piperidine rings is 1. The molecule has 1 aromatic heterocycles. The number of aromatic nitrogens is 4. The average molecular weight is 395 g/mol. The lowest BCUT2D eigenvalue weighted by molar-refractivity contribution is -0.123. The third kappa shape index (κ3) is 5.72. The molecule has 148 valence electrons. The van der Waals surface area contributed by atoms with E-state index in [0.717, 1.165) is 31.5 Å². The van der Waals surface area contributed by atoms with Crippen molar-refractivity contribution in [1.82, 2.24) is 30.8 Å². The van der Waals surface area contributed by atoms with Crippen LogP contribution in [-0.2, 0) is 16.1 Å². The minimum Gasteiger partial charge on any atom is -0.384 e. The van der Waals surface area contributed by atoms with E-state index >= 15 is 0 Å². The number of tetrazole rings is 1. The lowest BCUT2D eigenvalue weighted by Gasteiger charge is -2.37. The highest BCUT2D eigenvalue weighted by Crippen LogP contribution is 2.28. The molecule has 1 fully saturated rings. The minimum atomic E-state index is -0.119. The smallest absolute Gasteiger partial charge is 0.243 e. The molecule has 2 aromatic rings. The number of carbonyl (C=O) groups is 1. The monoisotopic (exact) mass is 394 g/mol. The zero-order chi connectivity index (χ0) is 18.4. The first-order valence-electron chi connectivity index (χ1n) is 8.91. The lowest BCUT2D eigenvalue weighted by atomic mass is 9.79. The molecule has 0 bridgehead atoms. The fraction of sp³-hybridized carbons (Fsp3) is 0.556. The summed E-state index contributed by atoms with van der Waals surface area (Å²) in [5, 5.41) is 18.7. The van der Waals surface area contributed by atoms with Crippen LogP contribution < -0.4 is 10.6 Å². The highest BCUT2D eigenvalue weighted by molar-refractivity contribution is 5.85. The Hall–Kier alpha value is -2.03. The third-order valence-corrected chi connectivity index (χ3v) is 4.82. The van der Waals surface area contributed by atoms with Crippen molar-refractivity contribution >= 4 is 18.3 Å². The van der Waals surface area contributed by atoms with Crippen molar-refractivity contribution in [3.63, 3.8) is 0 Å². The first kappa shape index (κ1) is 21.3. The summed E-state index contributed by atoms with van der Waals surface area (Å²) in [6, 6.07) is 7.89. The van der Waals surface area contributed by atoms with Crippen LogP contribution in [0.3, 0.4) is 0 Å². The molecule has 0 saturated carbocycles. The zero-order valence-corrected chi connectivity index (χ0v) is 16.6. The second-order valence-electron chi connectivity index (χ2n) is 6.97. The predicted molar refractivity (Wildman–Crippen MR) is 105 cm³/mol. The number of benzene rings is 1. The number of nitrogens with one attached hydrogen (secondary N) is 2. The first-order valence-corrected chi connectivity index (χ1v) is 8.91. The third-order valence-electron chi connectivity index (χ3n) is 4.82. The van der Waals surface area contributed by atoms with Crippen molar-refractivity contribution in [1.29, 1.82) is 0 Å². The topological polar surface area (TPSA) is 94.0 Å². The van der Waals surface area contributed by atoms with Gasteiger partial charge >= 0.3 is 0 Å². The predicted octanol–water partition coefficient (Wildman–Crippen LogP) is 1.20. The number of hydrogen-bond acceptors (Lipinski definition) is 6. The second kappa shape index (κ2) is 9.77. The summed E-state index contributed by atoms with van der Waals surface area (Å²) in [5.74, 6) is 0.402. The van der Waals surface area contributed by atoms with E-state index in [9.17, 15) is 4.79 Å². The Labute approximate surface area is 165 Å². The van der Waals surface area contributed by atoms with Gasteiger partial charge in [-0.25, -0.2) is 0 Å². The zero-order valence-electron chi connectivity index (χ0n) is 15.8. The van der Waals surface area contributed by atoms with Crippen LogP contribution in [-0.4, -0.2) is 59.5 Å². The van der Waals surface area contributed by atoms with Crippen LogP contribution in [0.25, 0.3) is 11.4 Å². The molecule has 2 heterocycles. The van der Waals surface area contributed by atoms with Gasteiger partial charge in [0.2, 0.25) is 11.7 Å². The molecule has 0 aliphatic carbocycles. The van der Waals surface area contributed by atoms with Crippen LogP contribution in [0.4, 0.5) is 0 Å². The summed E-state index contributed by atoms with van der Waals surface area (Å²) in [5.41, 5.74) is 2.05. The maximum Gasteiger partial charge on any atom is 0.243 e. The van der Waals surface area contributed by atoms with Gasteiger partial charge in [-0.05, 0) is 38.1 Å². The molecule has 9 heteroatoms. The van der Waals surface area contributed by atoms with Crippen LogP contribution in [0.5, 0.6) is 0 Å². The van der Waals surface area contributed by atoms with Gasteiger partial charge in [0.15, 0.2) is 0 Å². The van der Waals surface area contributed by atoms with Crippen molar-refractivity contribution in [2.24, 2.45) is 5.41 Å². The fourth-order valence-electron chi connectivity index (χ4n) is 3.23. The molecule has 1 aromatic carbocycles. The molecule has 1 saturated heterocycles. The van der Waals surface area contributed by atoms with E-state index in [2.05, 4.69) is 26.0 Å². The molecule has 2 N–H and O–H groups in total. The van der Waals surface area contributed by atoms with Gasteiger partial charge < -0.3 is 15.4 Å². The molecule has 27 heavy (non-hydrogen) atoms. The van der Waals surface area contributed by atoms with Gasteiger partial charge in [-0.15, -0.1) is 22.6 Å². The summed E-state index contributed by atoms with van der Waals surface area (Å²) >= 11 is 0. The molecule has 3 rings (SSSR count). The Morgan fingerprint density at radius 1 is 1.30 bits per heavy atom. The lowest BCUT2D eigenvalue weighted by Crippen LogP contribution is -2.47. The van der Waals surface area contributed by atoms with E-state index < -0.39 is 0 Å². The van der Waals surface area contributed by atoms with Crippen molar-refractivity contribution in [2.75, 3.05) is 33.4 Å². The van der Waals surface area contributed by atoms with Crippen LogP contribution >= 0.6 is 12.4 Å². The van der Waals surface area contributed by atoms with Gasteiger partial charge in [0.05, 0.1) is 6.61 Å². The summed E-state index contributed by atoms with van der Waals surface area (Å²) < 4.78 is 5.38. The van der Waals surface area contributed by atoms with Crippen molar-refractivity contribution in [3.8, 4) is 11.4 Å². The Balaban J connectivity index is 0.00000261. The maximum absolute atomic E-state index is 12.3. The number of ether oxygens (including phenoxy) is 1. The molecule has 1 amide bonds. The molecule has 8 nitrogen and oxygen atoms in total. The van der Waals surface area contributed by atoms with E-state index in [1.807, 2.05) is 31.2 Å². The summed E-state index contributed by atoms with van der Waals surface area (Å²) in [6.45, 7) is 5.22. The molecule has 1 aliphatic rings. The SMILES string of the molecule is COCC1(CNC(=O)Cn2nnc(-c3ccc(C)cc3)n2)CCNCC1.Cl. The first-order chi connectivity index (χ1) is 12.6. The van der Waals surface area contributed by atoms with Gasteiger partial charge in [0.1, 0.15) is 6.54 Å². The van der Waals surface area contributed by atoms with Crippen molar-refractivity contribution in [3.05, 3.63) is 29.8 Å². The number of methoxy groups -OCH3 is 1. The second-order valence-corrected chi connectivity index (χ2v) is 6.97. The summed E-state index contributed by atoms with van der Waals surface area (Å²) in [7, 11) is 1.71. The van der Waals surface area contributed by atoms with E-state index in [-0.39, 0.29) is 30.3 Å². The van der Waals surface area contributed by atoms with Crippen molar-refractivity contribution < 1.29 is 9.53 Å². The average Bonchev–Trinajstić information content (AvgIpc) is 3.10. The van der Waals surface area contributed by atoms with Crippen LogP contribution in [0.1, 0.15) is 18.4 Å². The number of amides is 1. The quantitative estimate of drug-likeness (QED) is 0.733. The van der Waals surface area contributed by atoms with Gasteiger partial charge in [-0.2, -0.15) is 4.80 Å². The molecule has 0 spiro atoms. The van der Waals surface area contributed by atoms with Gasteiger partial charge in [0.25, 0.3) is 0 Å². The van der Waals surface area contributed by atoms with E-state index in [1.165, 1.54) is 10.4 Å². The highest BCUT2D eigenvalue weighted by Gasteiger charge is 2.32. The largest absolute Gasteiger partial charge is 0.384 e.